The van der Waals surface area contributed by atoms with Crippen LogP contribution < -0.4 is 0 Å². The zero-order chi connectivity index (χ0) is 11.6. The fourth-order valence-corrected chi connectivity index (χ4v) is 1.03. The SMILES string of the molecule is CC(=O)OC(=O)c1ccc(F)c(Cl)c1F. The molecule has 0 aliphatic heterocycles. The molecule has 1 rings (SSSR count). The van der Waals surface area contributed by atoms with Crippen LogP contribution in [-0.4, -0.2) is 11.9 Å². The van der Waals surface area contributed by atoms with E-state index < -0.39 is 34.2 Å². The normalized spacial score (nSPS) is 9.87. The molecule has 0 radical (unpaired) electrons. The molecule has 0 aromatic heterocycles. The summed E-state index contributed by atoms with van der Waals surface area (Å²) in [5, 5.41) is -0.812. The van der Waals surface area contributed by atoms with Crippen LogP contribution in [0.3, 0.4) is 0 Å². The van der Waals surface area contributed by atoms with Gasteiger partial charge in [-0.1, -0.05) is 11.6 Å². The van der Waals surface area contributed by atoms with Crippen LogP contribution in [0.1, 0.15) is 17.3 Å². The lowest BCUT2D eigenvalue weighted by molar-refractivity contribution is -0.135. The molecule has 15 heavy (non-hydrogen) atoms. The van der Waals surface area contributed by atoms with E-state index in [1.807, 2.05) is 0 Å². The largest absolute Gasteiger partial charge is 0.390 e. The summed E-state index contributed by atoms with van der Waals surface area (Å²) in [5.74, 6) is -4.33. The molecule has 0 amide bonds. The molecule has 6 heteroatoms. The van der Waals surface area contributed by atoms with E-state index in [-0.39, 0.29) is 0 Å². The Balaban J connectivity index is 3.11. The Labute approximate surface area is 88.6 Å². The molecule has 3 nitrogen and oxygen atoms in total. The maximum absolute atomic E-state index is 13.2. The monoisotopic (exact) mass is 234 g/mol. The van der Waals surface area contributed by atoms with Crippen LogP contribution in [0.5, 0.6) is 0 Å². The second-order valence-corrected chi connectivity index (χ2v) is 2.98. The number of halogens is 3. The minimum Gasteiger partial charge on any atom is -0.390 e. The standard InChI is InChI=1S/C9H5ClF2O3/c1-4(13)15-9(14)5-2-3-6(11)7(10)8(5)12/h2-3H,1H3. The van der Waals surface area contributed by atoms with E-state index in [1.54, 1.807) is 0 Å². The Morgan fingerprint density at radius 2 is 1.93 bits per heavy atom. The van der Waals surface area contributed by atoms with Gasteiger partial charge in [-0.2, -0.15) is 0 Å². The lowest BCUT2D eigenvalue weighted by Gasteiger charge is -2.03. The average molecular weight is 235 g/mol. The van der Waals surface area contributed by atoms with E-state index in [4.69, 9.17) is 11.6 Å². The van der Waals surface area contributed by atoms with Crippen LogP contribution in [0, 0.1) is 11.6 Å². The first-order chi connectivity index (χ1) is 6.93. The average Bonchev–Trinajstić information content (AvgIpc) is 2.13. The highest BCUT2D eigenvalue weighted by atomic mass is 35.5. The van der Waals surface area contributed by atoms with Gasteiger partial charge in [-0.15, -0.1) is 0 Å². The van der Waals surface area contributed by atoms with Crippen molar-refractivity contribution in [2.45, 2.75) is 6.92 Å². The Hall–Kier alpha value is -1.49. The summed E-state index contributed by atoms with van der Waals surface area (Å²) < 4.78 is 30.0. The predicted octanol–water partition coefficient (Wildman–Crippen LogP) is 2.32. The molecule has 0 saturated heterocycles. The van der Waals surface area contributed by atoms with Crippen LogP contribution in [0.15, 0.2) is 12.1 Å². The maximum atomic E-state index is 13.2. The predicted molar refractivity (Wildman–Crippen MR) is 47.5 cm³/mol. The summed E-state index contributed by atoms with van der Waals surface area (Å²) in [6, 6.07) is 1.66. The van der Waals surface area contributed by atoms with Gasteiger partial charge in [0.25, 0.3) is 0 Å². The quantitative estimate of drug-likeness (QED) is 0.425. The van der Waals surface area contributed by atoms with E-state index >= 15 is 0 Å². The summed E-state index contributed by atoms with van der Waals surface area (Å²) in [5.41, 5.74) is -0.586. The molecule has 0 aliphatic rings. The van der Waals surface area contributed by atoms with Gasteiger partial charge in [0.1, 0.15) is 10.8 Å². The van der Waals surface area contributed by atoms with Crippen molar-refractivity contribution in [3.05, 3.63) is 34.4 Å². The van der Waals surface area contributed by atoms with Crippen molar-refractivity contribution in [1.82, 2.24) is 0 Å². The molecular weight excluding hydrogens is 230 g/mol. The van der Waals surface area contributed by atoms with Crippen molar-refractivity contribution >= 4 is 23.5 Å². The lowest BCUT2D eigenvalue weighted by atomic mass is 10.2. The number of hydrogen-bond donors (Lipinski definition) is 0. The van der Waals surface area contributed by atoms with Gasteiger partial charge in [0, 0.05) is 6.92 Å². The molecule has 1 aromatic rings. The summed E-state index contributed by atoms with van der Waals surface area (Å²) >= 11 is 5.22. The first-order valence-electron chi connectivity index (χ1n) is 3.79. The number of esters is 2. The third-order valence-corrected chi connectivity index (χ3v) is 1.84. The number of benzene rings is 1. The second-order valence-electron chi connectivity index (χ2n) is 2.60. The molecular formula is C9H5ClF2O3. The molecule has 0 bridgehead atoms. The summed E-state index contributed by atoms with van der Waals surface area (Å²) in [4.78, 5) is 21.5. The summed E-state index contributed by atoms with van der Waals surface area (Å²) in [7, 11) is 0. The number of carbonyl (C=O) groups excluding carboxylic acids is 2. The zero-order valence-corrected chi connectivity index (χ0v) is 8.27. The summed E-state index contributed by atoms with van der Waals surface area (Å²) in [6.45, 7) is 0.987. The molecule has 0 N–H and O–H groups in total. The number of hydrogen-bond acceptors (Lipinski definition) is 3. The van der Waals surface area contributed by atoms with Gasteiger partial charge in [0.05, 0.1) is 5.56 Å². The Bertz CT molecular complexity index is 432. The minimum absolute atomic E-state index is 0.586. The highest BCUT2D eigenvalue weighted by Crippen LogP contribution is 2.22. The third-order valence-electron chi connectivity index (χ3n) is 1.49. The van der Waals surface area contributed by atoms with E-state index in [9.17, 15) is 18.4 Å². The first kappa shape index (κ1) is 11.6. The van der Waals surface area contributed by atoms with Gasteiger partial charge in [-0.05, 0) is 12.1 Å². The molecule has 0 fully saturated rings. The molecule has 0 heterocycles. The number of rotatable bonds is 1. The van der Waals surface area contributed by atoms with E-state index in [1.165, 1.54) is 0 Å². The van der Waals surface area contributed by atoms with Crippen molar-refractivity contribution in [2.24, 2.45) is 0 Å². The van der Waals surface area contributed by atoms with E-state index in [2.05, 4.69) is 4.74 Å². The maximum Gasteiger partial charge on any atom is 0.348 e. The molecule has 80 valence electrons. The highest BCUT2D eigenvalue weighted by Gasteiger charge is 2.19. The summed E-state index contributed by atoms with van der Waals surface area (Å²) in [6.07, 6.45) is 0. The first-order valence-corrected chi connectivity index (χ1v) is 4.17. The Kier molecular flexibility index (Phi) is 3.36. The van der Waals surface area contributed by atoms with Crippen molar-refractivity contribution < 1.29 is 23.1 Å². The topological polar surface area (TPSA) is 43.4 Å². The van der Waals surface area contributed by atoms with Crippen molar-refractivity contribution in [1.29, 1.82) is 0 Å². The van der Waals surface area contributed by atoms with Crippen LogP contribution >= 0.6 is 11.6 Å². The number of carbonyl (C=O) groups is 2. The fraction of sp³-hybridized carbons (Fsp3) is 0.111. The molecule has 0 aliphatic carbocycles. The molecule has 1 aromatic carbocycles. The minimum atomic E-state index is -1.25. The van der Waals surface area contributed by atoms with Crippen molar-refractivity contribution in [3.8, 4) is 0 Å². The Morgan fingerprint density at radius 1 is 1.33 bits per heavy atom. The molecule has 0 unspecified atom stereocenters. The zero-order valence-electron chi connectivity index (χ0n) is 7.51. The number of ether oxygens (including phenoxy) is 1. The van der Waals surface area contributed by atoms with Crippen LogP contribution in [0.25, 0.3) is 0 Å². The molecule has 0 spiro atoms. The van der Waals surface area contributed by atoms with Gasteiger partial charge < -0.3 is 4.74 Å². The van der Waals surface area contributed by atoms with Gasteiger partial charge in [-0.3, -0.25) is 4.79 Å². The highest BCUT2D eigenvalue weighted by molar-refractivity contribution is 6.31. The smallest absolute Gasteiger partial charge is 0.348 e. The fourth-order valence-electron chi connectivity index (χ4n) is 0.869. The van der Waals surface area contributed by atoms with Gasteiger partial charge in [0.2, 0.25) is 0 Å². The lowest BCUT2D eigenvalue weighted by Crippen LogP contribution is -2.11. The Morgan fingerprint density at radius 3 is 2.47 bits per heavy atom. The van der Waals surface area contributed by atoms with Crippen LogP contribution in [0.4, 0.5) is 8.78 Å². The van der Waals surface area contributed by atoms with Gasteiger partial charge in [0.15, 0.2) is 5.82 Å². The third kappa shape index (κ3) is 2.50. The van der Waals surface area contributed by atoms with Crippen molar-refractivity contribution in [2.75, 3.05) is 0 Å². The molecule has 0 atom stereocenters. The van der Waals surface area contributed by atoms with E-state index in [0.717, 1.165) is 19.1 Å². The molecule has 0 saturated carbocycles. The second kappa shape index (κ2) is 4.35. The van der Waals surface area contributed by atoms with Crippen molar-refractivity contribution in [3.63, 3.8) is 0 Å². The van der Waals surface area contributed by atoms with E-state index in [0.29, 0.717) is 0 Å². The van der Waals surface area contributed by atoms with Crippen LogP contribution in [-0.2, 0) is 9.53 Å². The van der Waals surface area contributed by atoms with Gasteiger partial charge in [-0.25, -0.2) is 13.6 Å². The van der Waals surface area contributed by atoms with Crippen LogP contribution in [0.2, 0.25) is 5.02 Å². The van der Waals surface area contributed by atoms with Gasteiger partial charge >= 0.3 is 11.9 Å².